The van der Waals surface area contributed by atoms with E-state index in [0.29, 0.717) is 5.02 Å². The molecule has 0 radical (unpaired) electrons. The lowest BCUT2D eigenvalue weighted by Crippen LogP contribution is -2.38. The zero-order chi connectivity index (χ0) is 16.8. The van der Waals surface area contributed by atoms with Crippen LogP contribution in [0.2, 0.25) is 5.02 Å². The van der Waals surface area contributed by atoms with Crippen molar-refractivity contribution in [3.63, 3.8) is 0 Å². The van der Waals surface area contributed by atoms with Crippen LogP contribution in [-0.4, -0.2) is 23.3 Å². The highest BCUT2D eigenvalue weighted by atomic mass is 35.5. The van der Waals surface area contributed by atoms with E-state index in [0.717, 1.165) is 5.56 Å². The molecular weight excluding hydrogens is 321 g/mol. The van der Waals surface area contributed by atoms with Gasteiger partial charge in [0.05, 0.1) is 12.6 Å². The minimum absolute atomic E-state index is 0.136. The third-order valence-electron chi connectivity index (χ3n) is 3.11. The van der Waals surface area contributed by atoms with Crippen LogP contribution >= 0.6 is 11.6 Å². The second-order valence-corrected chi connectivity index (χ2v) is 5.32. The van der Waals surface area contributed by atoms with E-state index in [4.69, 9.17) is 11.6 Å². The maximum absolute atomic E-state index is 12.9. The SMILES string of the molecule is C[C@H](NC(=O)CNC(=O)c1cc(Cl)ccn1)c1ccc(F)cc1. The number of nitrogens with one attached hydrogen (secondary N) is 2. The van der Waals surface area contributed by atoms with Crippen LogP contribution in [0.4, 0.5) is 4.39 Å². The average molecular weight is 336 g/mol. The summed E-state index contributed by atoms with van der Waals surface area (Å²) in [7, 11) is 0. The third-order valence-corrected chi connectivity index (χ3v) is 3.35. The van der Waals surface area contributed by atoms with Crippen LogP contribution in [0.3, 0.4) is 0 Å². The fraction of sp³-hybridized carbons (Fsp3) is 0.188. The number of nitrogens with zero attached hydrogens (tertiary/aromatic N) is 1. The second-order valence-electron chi connectivity index (χ2n) is 4.88. The summed E-state index contributed by atoms with van der Waals surface area (Å²) in [5, 5.41) is 5.56. The summed E-state index contributed by atoms with van der Waals surface area (Å²) >= 11 is 5.77. The Morgan fingerprint density at radius 3 is 2.61 bits per heavy atom. The molecule has 0 aliphatic carbocycles. The summed E-state index contributed by atoms with van der Waals surface area (Å²) in [5.74, 6) is -1.19. The summed E-state index contributed by atoms with van der Waals surface area (Å²) < 4.78 is 12.9. The number of benzene rings is 1. The van der Waals surface area contributed by atoms with E-state index in [1.807, 2.05) is 0 Å². The van der Waals surface area contributed by atoms with Crippen LogP contribution in [0.1, 0.15) is 29.0 Å². The van der Waals surface area contributed by atoms with Crippen molar-refractivity contribution in [1.29, 1.82) is 0 Å². The molecule has 1 aromatic carbocycles. The molecule has 23 heavy (non-hydrogen) atoms. The van der Waals surface area contributed by atoms with Crippen LogP contribution in [0.25, 0.3) is 0 Å². The van der Waals surface area contributed by atoms with Crippen LogP contribution in [0.15, 0.2) is 42.6 Å². The minimum Gasteiger partial charge on any atom is -0.348 e. The molecule has 1 heterocycles. The smallest absolute Gasteiger partial charge is 0.270 e. The number of aromatic nitrogens is 1. The van der Waals surface area contributed by atoms with Gasteiger partial charge in [0, 0.05) is 11.2 Å². The summed E-state index contributed by atoms with van der Waals surface area (Å²) in [6.07, 6.45) is 1.41. The third kappa shape index (κ3) is 5.03. The van der Waals surface area contributed by atoms with Gasteiger partial charge in [-0.25, -0.2) is 4.39 Å². The Bertz CT molecular complexity index is 707. The largest absolute Gasteiger partial charge is 0.348 e. The fourth-order valence-electron chi connectivity index (χ4n) is 1.91. The van der Waals surface area contributed by atoms with Gasteiger partial charge < -0.3 is 10.6 Å². The van der Waals surface area contributed by atoms with E-state index in [1.165, 1.54) is 24.4 Å². The Hall–Kier alpha value is -2.47. The Morgan fingerprint density at radius 1 is 1.26 bits per heavy atom. The highest BCUT2D eigenvalue weighted by Gasteiger charge is 2.12. The molecule has 120 valence electrons. The average Bonchev–Trinajstić information content (AvgIpc) is 2.53. The monoisotopic (exact) mass is 335 g/mol. The first-order chi connectivity index (χ1) is 11.0. The van der Waals surface area contributed by atoms with Crippen molar-refractivity contribution in [1.82, 2.24) is 15.6 Å². The molecule has 0 saturated heterocycles. The van der Waals surface area contributed by atoms with Gasteiger partial charge in [-0.1, -0.05) is 23.7 Å². The van der Waals surface area contributed by atoms with Crippen molar-refractivity contribution in [2.45, 2.75) is 13.0 Å². The lowest BCUT2D eigenvalue weighted by molar-refractivity contribution is -0.120. The molecule has 5 nitrogen and oxygen atoms in total. The fourth-order valence-corrected chi connectivity index (χ4v) is 2.07. The van der Waals surface area contributed by atoms with Crippen LogP contribution < -0.4 is 10.6 Å². The molecule has 2 aromatic rings. The van der Waals surface area contributed by atoms with E-state index < -0.39 is 5.91 Å². The van der Waals surface area contributed by atoms with Gasteiger partial charge in [0.2, 0.25) is 5.91 Å². The highest BCUT2D eigenvalue weighted by Crippen LogP contribution is 2.12. The van der Waals surface area contributed by atoms with Crippen LogP contribution in [0.5, 0.6) is 0 Å². The van der Waals surface area contributed by atoms with Gasteiger partial charge in [-0.2, -0.15) is 0 Å². The lowest BCUT2D eigenvalue weighted by atomic mass is 10.1. The maximum Gasteiger partial charge on any atom is 0.270 e. The van der Waals surface area contributed by atoms with E-state index in [1.54, 1.807) is 25.1 Å². The van der Waals surface area contributed by atoms with Crippen LogP contribution in [-0.2, 0) is 4.79 Å². The highest BCUT2D eigenvalue weighted by molar-refractivity contribution is 6.30. The van der Waals surface area contributed by atoms with Gasteiger partial charge in [0.1, 0.15) is 11.5 Å². The molecule has 7 heteroatoms. The number of carbonyl (C=O) groups excluding carboxylic acids is 2. The minimum atomic E-state index is -0.489. The standard InChI is InChI=1S/C16H15ClFN3O2/c1-10(11-2-4-13(18)5-3-11)21-15(22)9-20-16(23)14-8-12(17)6-7-19-14/h2-8,10H,9H2,1H3,(H,20,23)(H,21,22)/t10-/m0/s1. The molecular formula is C16H15ClFN3O2. The molecule has 1 atom stereocenters. The van der Waals surface area contributed by atoms with E-state index >= 15 is 0 Å². The Morgan fingerprint density at radius 2 is 1.96 bits per heavy atom. The summed E-state index contributed by atoms with van der Waals surface area (Å²) in [6, 6.07) is 8.49. The van der Waals surface area contributed by atoms with Gasteiger partial charge in [-0.15, -0.1) is 0 Å². The van der Waals surface area contributed by atoms with Crippen molar-refractivity contribution in [3.8, 4) is 0 Å². The van der Waals surface area contributed by atoms with Gasteiger partial charge in [-0.3, -0.25) is 14.6 Å². The Kier molecular flexibility index (Phi) is 5.65. The van der Waals surface area contributed by atoms with Gasteiger partial charge >= 0.3 is 0 Å². The van der Waals surface area contributed by atoms with Crippen LogP contribution in [0, 0.1) is 5.82 Å². The number of amides is 2. The Balaban J connectivity index is 1.85. The van der Waals surface area contributed by atoms with Crippen molar-refractivity contribution < 1.29 is 14.0 Å². The molecule has 2 N–H and O–H groups in total. The second kappa shape index (κ2) is 7.69. The van der Waals surface area contributed by atoms with Gasteiger partial charge in [0.25, 0.3) is 5.91 Å². The molecule has 0 saturated carbocycles. The number of hydrogen-bond donors (Lipinski definition) is 2. The molecule has 0 aliphatic rings. The quantitative estimate of drug-likeness (QED) is 0.881. The normalized spacial score (nSPS) is 11.6. The summed E-state index contributed by atoms with van der Waals surface area (Å²) in [5.41, 5.74) is 0.902. The van der Waals surface area contributed by atoms with E-state index in [9.17, 15) is 14.0 Å². The first-order valence-corrected chi connectivity index (χ1v) is 7.28. The summed E-state index contributed by atoms with van der Waals surface area (Å²) in [6.45, 7) is 1.57. The molecule has 0 spiro atoms. The molecule has 2 rings (SSSR count). The first-order valence-electron chi connectivity index (χ1n) is 6.90. The zero-order valence-corrected chi connectivity index (χ0v) is 13.1. The molecule has 0 unspecified atom stereocenters. The molecule has 2 amide bonds. The predicted octanol–water partition coefficient (Wildman–Crippen LogP) is 2.48. The van der Waals surface area contributed by atoms with Crippen molar-refractivity contribution in [2.24, 2.45) is 0 Å². The summed E-state index contributed by atoms with van der Waals surface area (Å²) in [4.78, 5) is 27.6. The van der Waals surface area contributed by atoms with Crippen molar-refractivity contribution >= 4 is 23.4 Å². The van der Waals surface area contributed by atoms with Crippen molar-refractivity contribution in [2.75, 3.05) is 6.54 Å². The Labute approximate surface area is 137 Å². The molecule has 0 bridgehead atoms. The topological polar surface area (TPSA) is 71.1 Å². The van der Waals surface area contributed by atoms with E-state index in [-0.39, 0.29) is 30.0 Å². The predicted molar refractivity (Wildman–Crippen MR) is 84.5 cm³/mol. The van der Waals surface area contributed by atoms with E-state index in [2.05, 4.69) is 15.6 Å². The lowest BCUT2D eigenvalue weighted by Gasteiger charge is -2.14. The van der Waals surface area contributed by atoms with Gasteiger partial charge in [-0.05, 0) is 36.8 Å². The van der Waals surface area contributed by atoms with Gasteiger partial charge in [0.15, 0.2) is 0 Å². The number of rotatable bonds is 5. The molecule has 0 aliphatic heterocycles. The zero-order valence-electron chi connectivity index (χ0n) is 12.3. The number of hydrogen-bond acceptors (Lipinski definition) is 3. The number of carbonyl (C=O) groups is 2. The number of pyridine rings is 1. The first kappa shape index (κ1) is 16.9. The van der Waals surface area contributed by atoms with Crippen molar-refractivity contribution in [3.05, 3.63) is 64.7 Å². The number of halogens is 2. The molecule has 1 aromatic heterocycles. The maximum atomic E-state index is 12.9. The molecule has 0 fully saturated rings.